The van der Waals surface area contributed by atoms with Gasteiger partial charge in [-0.2, -0.15) is 0 Å². The van der Waals surface area contributed by atoms with E-state index in [1.54, 1.807) is 13.8 Å². The SMILES string of the molecule is CC1(C)OC2[C@H](O1)[C@H](n1cnc3c(N)ncnc31)OC2(F)COP(=O)(O)O. The second-order valence-electron chi connectivity index (χ2n) is 6.66. The molecule has 2 fully saturated rings. The van der Waals surface area contributed by atoms with Crippen LogP contribution >= 0.6 is 7.82 Å². The number of alkyl halides is 1. The predicted molar refractivity (Wildman–Crippen MR) is 85.5 cm³/mol. The van der Waals surface area contributed by atoms with E-state index in [0.29, 0.717) is 5.52 Å². The lowest BCUT2D eigenvalue weighted by Crippen LogP contribution is -2.43. The third-order valence-electron chi connectivity index (χ3n) is 4.24. The first kappa shape index (κ1) is 18.6. The molecule has 2 aliphatic rings. The third kappa shape index (κ3) is 3.21. The minimum absolute atomic E-state index is 0.133. The number of hydrogen-bond donors (Lipinski definition) is 3. The summed E-state index contributed by atoms with van der Waals surface area (Å²) in [6.07, 6.45) is -0.805. The van der Waals surface area contributed by atoms with Gasteiger partial charge < -0.3 is 29.7 Å². The molecule has 27 heavy (non-hydrogen) atoms. The molecule has 148 valence electrons. The largest absolute Gasteiger partial charge is 0.469 e. The van der Waals surface area contributed by atoms with Crippen molar-refractivity contribution >= 4 is 24.8 Å². The van der Waals surface area contributed by atoms with Crippen LogP contribution in [-0.4, -0.2) is 59.8 Å². The van der Waals surface area contributed by atoms with Gasteiger partial charge in [0, 0.05) is 0 Å². The average Bonchev–Trinajstić information content (AvgIpc) is 3.18. The molecule has 4 N–H and O–H groups in total. The number of phosphoric ester groups is 1. The van der Waals surface area contributed by atoms with Crippen LogP contribution in [0.4, 0.5) is 10.2 Å². The molecule has 0 saturated carbocycles. The Morgan fingerprint density at radius 2 is 2.07 bits per heavy atom. The van der Waals surface area contributed by atoms with Gasteiger partial charge in [0.1, 0.15) is 24.6 Å². The molecule has 2 aliphatic heterocycles. The van der Waals surface area contributed by atoms with Crippen molar-refractivity contribution in [2.75, 3.05) is 12.3 Å². The quantitative estimate of drug-likeness (QED) is 0.597. The van der Waals surface area contributed by atoms with Gasteiger partial charge in [-0.1, -0.05) is 0 Å². The number of aromatic nitrogens is 4. The maximum atomic E-state index is 15.5. The van der Waals surface area contributed by atoms with Crippen molar-refractivity contribution in [3.63, 3.8) is 0 Å². The molecule has 12 nitrogen and oxygen atoms in total. The normalized spacial score (nSPS) is 32.9. The molecule has 14 heteroatoms. The number of ether oxygens (including phenoxy) is 3. The summed E-state index contributed by atoms with van der Waals surface area (Å²) in [5.74, 6) is -3.70. The molecule has 2 aromatic rings. The van der Waals surface area contributed by atoms with Crippen molar-refractivity contribution in [1.82, 2.24) is 19.5 Å². The molecule has 0 bridgehead atoms. The zero-order valence-electron chi connectivity index (χ0n) is 14.2. The van der Waals surface area contributed by atoms with Gasteiger partial charge in [0.15, 0.2) is 29.6 Å². The molecule has 2 saturated heterocycles. The molecule has 0 spiro atoms. The number of nitrogens with two attached hydrogens (primary N) is 1. The Bertz CT molecular complexity index is 935. The fourth-order valence-electron chi connectivity index (χ4n) is 3.23. The summed E-state index contributed by atoms with van der Waals surface area (Å²) in [6.45, 7) is 2.11. The first-order chi connectivity index (χ1) is 12.5. The van der Waals surface area contributed by atoms with Gasteiger partial charge in [-0.15, -0.1) is 0 Å². The Hall–Kier alpha value is -1.73. The lowest BCUT2D eigenvalue weighted by Gasteiger charge is -2.28. The van der Waals surface area contributed by atoms with Crippen LogP contribution in [0.2, 0.25) is 0 Å². The highest BCUT2D eigenvalue weighted by Crippen LogP contribution is 2.51. The number of nitrogen functional groups attached to an aromatic ring is 1. The van der Waals surface area contributed by atoms with Crippen LogP contribution in [-0.2, 0) is 23.3 Å². The predicted octanol–water partition coefficient (Wildman–Crippen LogP) is 0.232. The molecule has 0 aromatic carbocycles. The molecule has 2 aromatic heterocycles. The molecule has 0 radical (unpaired) electrons. The lowest BCUT2D eigenvalue weighted by molar-refractivity contribution is -0.263. The van der Waals surface area contributed by atoms with Crippen molar-refractivity contribution in [2.24, 2.45) is 0 Å². The topological polar surface area (TPSA) is 164 Å². The first-order valence-electron chi connectivity index (χ1n) is 7.85. The van der Waals surface area contributed by atoms with E-state index in [2.05, 4.69) is 19.5 Å². The highest BCUT2D eigenvalue weighted by Gasteiger charge is 2.65. The second kappa shape index (κ2) is 5.88. The van der Waals surface area contributed by atoms with Crippen molar-refractivity contribution < 1.29 is 37.5 Å². The average molecular weight is 405 g/mol. The molecule has 4 rings (SSSR count). The van der Waals surface area contributed by atoms with Crippen LogP contribution < -0.4 is 5.73 Å². The minimum Gasteiger partial charge on any atom is -0.382 e. The minimum atomic E-state index is -4.93. The number of fused-ring (bicyclic) bond motifs is 2. The number of anilines is 1. The number of hydrogen-bond acceptors (Lipinski definition) is 9. The van der Waals surface area contributed by atoms with Crippen LogP contribution in [0.15, 0.2) is 12.7 Å². The number of nitrogens with zero attached hydrogens (tertiary/aromatic N) is 4. The van der Waals surface area contributed by atoms with Gasteiger partial charge in [0.05, 0.1) is 6.33 Å². The van der Waals surface area contributed by atoms with E-state index in [4.69, 9.17) is 29.7 Å². The summed E-state index contributed by atoms with van der Waals surface area (Å²) in [4.78, 5) is 29.8. The number of imidazole rings is 1. The van der Waals surface area contributed by atoms with E-state index in [1.165, 1.54) is 17.2 Å². The maximum absolute atomic E-state index is 15.5. The van der Waals surface area contributed by atoms with E-state index < -0.39 is 44.5 Å². The lowest BCUT2D eigenvalue weighted by atomic mass is 10.1. The van der Waals surface area contributed by atoms with Gasteiger partial charge in [-0.25, -0.2) is 23.9 Å². The van der Waals surface area contributed by atoms with E-state index in [9.17, 15) is 4.57 Å². The highest BCUT2D eigenvalue weighted by molar-refractivity contribution is 7.46. The number of phosphoric acid groups is 1. The van der Waals surface area contributed by atoms with Gasteiger partial charge in [0.2, 0.25) is 0 Å². The molecule has 2 unspecified atom stereocenters. The van der Waals surface area contributed by atoms with Gasteiger partial charge in [0.25, 0.3) is 5.85 Å². The van der Waals surface area contributed by atoms with Crippen LogP contribution in [0.5, 0.6) is 0 Å². The summed E-state index contributed by atoms with van der Waals surface area (Å²) in [7, 11) is -4.93. The number of halogens is 1. The highest BCUT2D eigenvalue weighted by atomic mass is 31.2. The zero-order chi connectivity index (χ0) is 19.6. The van der Waals surface area contributed by atoms with Gasteiger partial charge >= 0.3 is 7.82 Å². The Morgan fingerprint density at radius 3 is 2.78 bits per heavy atom. The van der Waals surface area contributed by atoms with Crippen LogP contribution in [0.1, 0.15) is 20.1 Å². The third-order valence-corrected chi connectivity index (χ3v) is 4.71. The Morgan fingerprint density at radius 1 is 1.33 bits per heavy atom. The first-order valence-corrected chi connectivity index (χ1v) is 9.38. The van der Waals surface area contributed by atoms with Crippen molar-refractivity contribution in [2.45, 2.75) is 43.9 Å². The summed E-state index contributed by atoms with van der Waals surface area (Å²) in [5, 5.41) is 0. The smallest absolute Gasteiger partial charge is 0.382 e. The van der Waals surface area contributed by atoms with Crippen LogP contribution in [0, 0.1) is 0 Å². The summed E-state index contributed by atoms with van der Waals surface area (Å²) in [5.41, 5.74) is 6.33. The molecule has 4 atom stereocenters. The molecule has 0 amide bonds. The van der Waals surface area contributed by atoms with Crippen molar-refractivity contribution in [1.29, 1.82) is 0 Å². The maximum Gasteiger partial charge on any atom is 0.469 e. The molecule has 0 aliphatic carbocycles. The van der Waals surface area contributed by atoms with E-state index in [1.807, 2.05) is 0 Å². The van der Waals surface area contributed by atoms with E-state index in [-0.39, 0.29) is 11.5 Å². The Balaban J connectivity index is 1.73. The summed E-state index contributed by atoms with van der Waals surface area (Å²) >= 11 is 0. The number of rotatable bonds is 4. The van der Waals surface area contributed by atoms with E-state index in [0.717, 1.165) is 0 Å². The molecule has 4 heterocycles. The Labute approximate surface area is 151 Å². The van der Waals surface area contributed by atoms with Crippen LogP contribution in [0.25, 0.3) is 11.2 Å². The second-order valence-corrected chi connectivity index (χ2v) is 7.90. The molecular weight excluding hydrogens is 388 g/mol. The summed E-state index contributed by atoms with van der Waals surface area (Å²) < 4.78 is 49.0. The van der Waals surface area contributed by atoms with Gasteiger partial charge in [-0.3, -0.25) is 9.09 Å². The fraction of sp³-hybridized carbons (Fsp3) is 0.615. The molecular formula is C13H17FN5O7P. The van der Waals surface area contributed by atoms with Gasteiger partial charge in [-0.05, 0) is 13.8 Å². The van der Waals surface area contributed by atoms with Crippen molar-refractivity contribution in [3.05, 3.63) is 12.7 Å². The zero-order valence-corrected chi connectivity index (χ0v) is 15.1. The Kier molecular flexibility index (Phi) is 4.06. The standard InChI is InChI=1S/C13H17FN5O7P/c1-12(2)24-7-8(25-12)13(14,3-23-27(20,21)22)26-11(7)19-5-18-6-9(15)16-4-17-10(6)19/h4-5,7-8,11H,3H2,1-2H3,(H2,15,16,17)(H2,20,21,22)/t7-,8?,11+,13?/m0/s1. The fourth-order valence-corrected chi connectivity index (χ4v) is 3.57. The van der Waals surface area contributed by atoms with Crippen LogP contribution in [0.3, 0.4) is 0 Å². The summed E-state index contributed by atoms with van der Waals surface area (Å²) in [6, 6.07) is 0. The van der Waals surface area contributed by atoms with Crippen molar-refractivity contribution in [3.8, 4) is 0 Å². The monoisotopic (exact) mass is 405 g/mol. The van der Waals surface area contributed by atoms with E-state index >= 15 is 4.39 Å².